The van der Waals surface area contributed by atoms with Crippen molar-refractivity contribution < 1.29 is 13.6 Å². The van der Waals surface area contributed by atoms with Crippen LogP contribution in [0, 0.1) is 5.82 Å². The fraction of sp³-hybridized carbons (Fsp3) is 0.211. The molecule has 0 unspecified atom stereocenters. The van der Waals surface area contributed by atoms with Crippen LogP contribution >= 0.6 is 0 Å². The Balaban J connectivity index is 1.60. The van der Waals surface area contributed by atoms with E-state index in [1.54, 1.807) is 30.5 Å². The van der Waals surface area contributed by atoms with Crippen LogP contribution in [0.3, 0.4) is 0 Å². The molecule has 3 rings (SSSR count). The fourth-order valence-corrected chi connectivity index (χ4v) is 2.51. The molecule has 0 bridgehead atoms. The third-order valence-electron chi connectivity index (χ3n) is 3.87. The van der Waals surface area contributed by atoms with Crippen molar-refractivity contribution in [3.8, 4) is 11.3 Å². The molecule has 0 spiro atoms. The summed E-state index contributed by atoms with van der Waals surface area (Å²) in [4.78, 5) is 27.7. The Morgan fingerprint density at radius 1 is 1.27 bits per heavy atom. The molecule has 0 atom stereocenters. The summed E-state index contributed by atoms with van der Waals surface area (Å²) < 4.78 is 20.8. The molecule has 0 aliphatic carbocycles. The second-order valence-electron chi connectivity index (χ2n) is 5.69. The first-order valence-electron chi connectivity index (χ1n) is 8.26. The van der Waals surface area contributed by atoms with Gasteiger partial charge in [0.15, 0.2) is 11.7 Å². The summed E-state index contributed by atoms with van der Waals surface area (Å²) in [5.41, 5.74) is 0.763. The van der Waals surface area contributed by atoms with Crippen molar-refractivity contribution in [2.24, 2.45) is 0 Å². The third-order valence-corrected chi connectivity index (χ3v) is 3.87. The minimum Gasteiger partial charge on any atom is -0.441 e. The predicted molar refractivity (Wildman–Crippen MR) is 95.2 cm³/mol. The number of aromatic nitrogens is 2. The highest BCUT2D eigenvalue weighted by Gasteiger charge is 2.12. The average molecular weight is 355 g/mol. The van der Waals surface area contributed by atoms with E-state index >= 15 is 0 Å². The number of benzene rings is 1. The molecule has 134 valence electrons. The summed E-state index contributed by atoms with van der Waals surface area (Å²) in [5.74, 6) is 0.0707. The molecule has 6 nitrogen and oxygen atoms in total. The van der Waals surface area contributed by atoms with Crippen LogP contribution in [0.15, 0.2) is 58.0 Å². The highest BCUT2D eigenvalue weighted by Crippen LogP contribution is 2.23. The summed E-state index contributed by atoms with van der Waals surface area (Å²) in [5, 5.41) is 2.73. The van der Waals surface area contributed by atoms with Gasteiger partial charge in [0.1, 0.15) is 5.82 Å². The number of anilines is 1. The number of carbonyl (C=O) groups excluding carboxylic acids is 1. The zero-order valence-corrected chi connectivity index (χ0v) is 14.2. The van der Waals surface area contributed by atoms with Crippen LogP contribution in [0.5, 0.6) is 0 Å². The number of pyridine rings is 1. The first kappa shape index (κ1) is 17.6. The number of nitrogens with zero attached hydrogens (tertiary/aromatic N) is 2. The van der Waals surface area contributed by atoms with Gasteiger partial charge in [0.05, 0.1) is 17.4 Å². The Labute approximate surface area is 149 Å². The molecule has 0 saturated heterocycles. The molecular formula is C19H18FN3O3. The van der Waals surface area contributed by atoms with E-state index < -0.39 is 0 Å². The first-order chi connectivity index (χ1) is 12.6. The van der Waals surface area contributed by atoms with Crippen LogP contribution in [-0.2, 0) is 17.8 Å². The van der Waals surface area contributed by atoms with E-state index in [4.69, 9.17) is 4.42 Å². The molecule has 0 aliphatic rings. The van der Waals surface area contributed by atoms with Crippen LogP contribution in [0.2, 0.25) is 0 Å². The summed E-state index contributed by atoms with van der Waals surface area (Å²) >= 11 is 0. The van der Waals surface area contributed by atoms with E-state index in [1.165, 1.54) is 22.9 Å². The maximum absolute atomic E-state index is 13.8. The Hall–Kier alpha value is -3.22. The topological polar surface area (TPSA) is 77.1 Å². The molecule has 26 heavy (non-hydrogen) atoms. The Morgan fingerprint density at radius 3 is 2.85 bits per heavy atom. The molecular weight excluding hydrogens is 337 g/mol. The minimum atomic E-state index is -0.390. The predicted octanol–water partition coefficient (Wildman–Crippen LogP) is 3.23. The van der Waals surface area contributed by atoms with Crippen LogP contribution in [0.25, 0.3) is 11.3 Å². The number of nitrogens with one attached hydrogen (secondary N) is 1. The number of halogens is 1. The highest BCUT2D eigenvalue weighted by molar-refractivity contribution is 5.90. The molecule has 2 heterocycles. The van der Waals surface area contributed by atoms with Crippen LogP contribution in [0.4, 0.5) is 10.1 Å². The lowest BCUT2D eigenvalue weighted by atomic mass is 10.2. The minimum absolute atomic E-state index is 0.119. The standard InChI is InChI=1S/C19H18FN3O3/c1-2-23-12-13(7-10-19(23)25)22-17(24)8-9-18-21-11-16(26-18)14-5-3-4-6-15(14)20/h3-7,10-12H,2,8-9H2,1H3,(H,22,24). The van der Waals surface area contributed by atoms with Crippen molar-refractivity contribution in [1.82, 2.24) is 9.55 Å². The molecule has 1 aromatic carbocycles. The number of hydrogen-bond donors (Lipinski definition) is 1. The van der Waals surface area contributed by atoms with E-state index in [1.807, 2.05) is 6.92 Å². The van der Waals surface area contributed by atoms with E-state index in [9.17, 15) is 14.0 Å². The first-order valence-corrected chi connectivity index (χ1v) is 8.26. The van der Waals surface area contributed by atoms with Crippen LogP contribution in [-0.4, -0.2) is 15.5 Å². The third kappa shape index (κ3) is 4.05. The molecule has 7 heteroatoms. The number of carbonyl (C=O) groups is 1. The Morgan fingerprint density at radius 2 is 2.08 bits per heavy atom. The summed E-state index contributed by atoms with van der Waals surface area (Å²) in [6.07, 6.45) is 3.49. The molecule has 2 aromatic heterocycles. The Kier molecular flexibility index (Phi) is 5.26. The number of oxazole rings is 1. The molecule has 0 aliphatic heterocycles. The maximum Gasteiger partial charge on any atom is 0.250 e. The molecule has 0 fully saturated rings. The number of amides is 1. The SMILES string of the molecule is CCn1cc(NC(=O)CCc2ncc(-c3ccccc3F)o2)ccc1=O. The second-order valence-corrected chi connectivity index (χ2v) is 5.69. The molecule has 1 amide bonds. The number of aryl methyl sites for hydroxylation is 2. The lowest BCUT2D eigenvalue weighted by Crippen LogP contribution is -2.19. The van der Waals surface area contributed by atoms with Gasteiger partial charge in [-0.3, -0.25) is 9.59 Å². The van der Waals surface area contributed by atoms with Gasteiger partial charge in [0.2, 0.25) is 5.91 Å². The lowest BCUT2D eigenvalue weighted by Gasteiger charge is -2.07. The van der Waals surface area contributed by atoms with Gasteiger partial charge in [0, 0.05) is 31.6 Å². The van der Waals surface area contributed by atoms with Crippen LogP contribution < -0.4 is 10.9 Å². The van der Waals surface area contributed by atoms with Gasteiger partial charge in [0.25, 0.3) is 5.56 Å². The zero-order valence-electron chi connectivity index (χ0n) is 14.2. The smallest absolute Gasteiger partial charge is 0.250 e. The van der Waals surface area contributed by atoms with Gasteiger partial charge in [-0.1, -0.05) is 12.1 Å². The van der Waals surface area contributed by atoms with Crippen molar-refractivity contribution in [2.75, 3.05) is 5.32 Å². The van der Waals surface area contributed by atoms with Gasteiger partial charge >= 0.3 is 0 Å². The Bertz CT molecular complexity index is 978. The van der Waals surface area contributed by atoms with Crippen molar-refractivity contribution in [2.45, 2.75) is 26.3 Å². The largest absolute Gasteiger partial charge is 0.441 e. The number of hydrogen-bond acceptors (Lipinski definition) is 4. The van der Waals surface area contributed by atoms with E-state index in [0.717, 1.165) is 0 Å². The van der Waals surface area contributed by atoms with Crippen molar-refractivity contribution >= 4 is 11.6 Å². The molecule has 1 N–H and O–H groups in total. The van der Waals surface area contributed by atoms with Crippen molar-refractivity contribution in [3.63, 3.8) is 0 Å². The lowest BCUT2D eigenvalue weighted by molar-refractivity contribution is -0.116. The van der Waals surface area contributed by atoms with E-state index in [-0.39, 0.29) is 30.1 Å². The monoisotopic (exact) mass is 355 g/mol. The average Bonchev–Trinajstić information content (AvgIpc) is 3.11. The normalized spacial score (nSPS) is 10.7. The molecule has 0 radical (unpaired) electrons. The van der Waals surface area contributed by atoms with Gasteiger partial charge in [-0.05, 0) is 25.1 Å². The van der Waals surface area contributed by atoms with Crippen molar-refractivity contribution in [1.29, 1.82) is 0 Å². The van der Waals surface area contributed by atoms with Gasteiger partial charge in [-0.15, -0.1) is 0 Å². The maximum atomic E-state index is 13.8. The van der Waals surface area contributed by atoms with Crippen LogP contribution in [0.1, 0.15) is 19.2 Å². The van der Waals surface area contributed by atoms with E-state index in [2.05, 4.69) is 10.3 Å². The second kappa shape index (κ2) is 7.77. The quantitative estimate of drug-likeness (QED) is 0.736. The molecule has 0 saturated carbocycles. The zero-order chi connectivity index (χ0) is 18.5. The highest BCUT2D eigenvalue weighted by atomic mass is 19.1. The summed E-state index contributed by atoms with van der Waals surface area (Å²) in [7, 11) is 0. The molecule has 3 aromatic rings. The van der Waals surface area contributed by atoms with E-state index in [0.29, 0.717) is 29.4 Å². The van der Waals surface area contributed by atoms with Crippen molar-refractivity contribution in [3.05, 3.63) is 70.9 Å². The summed E-state index contributed by atoms with van der Waals surface area (Å²) in [6, 6.07) is 9.24. The van der Waals surface area contributed by atoms with Gasteiger partial charge < -0.3 is 14.3 Å². The number of rotatable bonds is 6. The van der Waals surface area contributed by atoms with Gasteiger partial charge in [-0.2, -0.15) is 0 Å². The fourth-order valence-electron chi connectivity index (χ4n) is 2.51. The van der Waals surface area contributed by atoms with Gasteiger partial charge in [-0.25, -0.2) is 9.37 Å². The summed E-state index contributed by atoms with van der Waals surface area (Å²) in [6.45, 7) is 2.38.